The van der Waals surface area contributed by atoms with Gasteiger partial charge in [-0.15, -0.1) is 11.3 Å². The molecule has 100 valence electrons. The zero-order chi connectivity index (χ0) is 13.7. The van der Waals surface area contributed by atoms with E-state index in [1.54, 1.807) is 6.92 Å². The zero-order valence-electron chi connectivity index (χ0n) is 9.95. The molecule has 1 aromatic heterocycles. The van der Waals surface area contributed by atoms with Gasteiger partial charge in [0.05, 0.1) is 13.7 Å². The fourth-order valence-electron chi connectivity index (χ4n) is 1.23. The topological polar surface area (TPSA) is 93.1 Å². The van der Waals surface area contributed by atoms with E-state index in [0.717, 1.165) is 11.3 Å². The van der Waals surface area contributed by atoms with Crippen LogP contribution < -0.4 is 0 Å². The lowest BCUT2D eigenvalue weighted by molar-refractivity contribution is -0.159. The van der Waals surface area contributed by atoms with Gasteiger partial charge in [-0.25, -0.2) is 9.59 Å². The standard InChI is InChI=1S/C11H14O6S/c1-3-17-11(15)9(13)8(12)6-4-5-7(18-6)10(14)16-2/h4-5,8-9,12-13H,3H2,1-2H3. The summed E-state index contributed by atoms with van der Waals surface area (Å²) in [6, 6.07) is 2.90. The molecule has 2 unspecified atom stereocenters. The highest BCUT2D eigenvalue weighted by molar-refractivity contribution is 7.14. The van der Waals surface area contributed by atoms with Crippen molar-refractivity contribution in [1.82, 2.24) is 0 Å². The average molecular weight is 274 g/mol. The monoisotopic (exact) mass is 274 g/mol. The molecule has 0 fully saturated rings. The maximum atomic E-state index is 11.2. The van der Waals surface area contributed by atoms with Gasteiger partial charge in [-0.1, -0.05) is 0 Å². The Bertz CT molecular complexity index is 427. The second-order valence-corrected chi connectivity index (χ2v) is 4.45. The van der Waals surface area contributed by atoms with Crippen molar-refractivity contribution >= 4 is 23.3 Å². The van der Waals surface area contributed by atoms with Gasteiger partial charge in [0.2, 0.25) is 0 Å². The van der Waals surface area contributed by atoms with Crippen molar-refractivity contribution in [3.05, 3.63) is 21.9 Å². The summed E-state index contributed by atoms with van der Waals surface area (Å²) >= 11 is 0.945. The molecule has 1 heterocycles. The molecule has 0 aliphatic heterocycles. The molecule has 0 aromatic carbocycles. The highest BCUT2D eigenvalue weighted by Gasteiger charge is 2.28. The van der Waals surface area contributed by atoms with Gasteiger partial charge in [-0.3, -0.25) is 0 Å². The zero-order valence-corrected chi connectivity index (χ0v) is 10.8. The van der Waals surface area contributed by atoms with Crippen LogP contribution in [-0.4, -0.2) is 42.0 Å². The summed E-state index contributed by atoms with van der Waals surface area (Å²) in [4.78, 5) is 23.0. The van der Waals surface area contributed by atoms with Crippen LogP contribution in [0.2, 0.25) is 0 Å². The van der Waals surface area contributed by atoms with E-state index in [0.29, 0.717) is 0 Å². The summed E-state index contributed by atoms with van der Waals surface area (Å²) in [5.41, 5.74) is 0. The van der Waals surface area contributed by atoms with E-state index in [2.05, 4.69) is 9.47 Å². The Balaban J connectivity index is 2.77. The molecule has 0 radical (unpaired) electrons. The molecule has 7 heteroatoms. The average Bonchev–Trinajstić information content (AvgIpc) is 2.85. The summed E-state index contributed by atoms with van der Waals surface area (Å²) in [6.45, 7) is 1.71. The van der Waals surface area contributed by atoms with Crippen LogP contribution >= 0.6 is 11.3 Å². The van der Waals surface area contributed by atoms with E-state index in [-0.39, 0.29) is 16.4 Å². The largest absolute Gasteiger partial charge is 0.465 e. The molecule has 1 rings (SSSR count). The summed E-state index contributed by atoms with van der Waals surface area (Å²) in [5, 5.41) is 19.3. The van der Waals surface area contributed by atoms with E-state index < -0.39 is 24.1 Å². The summed E-state index contributed by atoms with van der Waals surface area (Å²) < 4.78 is 9.10. The smallest absolute Gasteiger partial charge is 0.348 e. The van der Waals surface area contributed by atoms with Gasteiger partial charge in [0.1, 0.15) is 11.0 Å². The van der Waals surface area contributed by atoms with E-state index >= 15 is 0 Å². The molecule has 0 amide bonds. The molecule has 1 aromatic rings. The molecule has 18 heavy (non-hydrogen) atoms. The van der Waals surface area contributed by atoms with Crippen LogP contribution in [0.4, 0.5) is 0 Å². The fraction of sp³-hybridized carbons (Fsp3) is 0.455. The van der Waals surface area contributed by atoms with Crippen molar-refractivity contribution in [3.8, 4) is 0 Å². The molecule has 0 bridgehead atoms. The highest BCUT2D eigenvalue weighted by atomic mass is 32.1. The molecule has 2 N–H and O–H groups in total. The van der Waals surface area contributed by atoms with Crippen LogP contribution in [0.15, 0.2) is 12.1 Å². The molecule has 0 saturated heterocycles. The molecule has 0 aliphatic carbocycles. The predicted molar refractivity (Wildman–Crippen MR) is 63.3 cm³/mol. The van der Waals surface area contributed by atoms with E-state index in [1.807, 2.05) is 0 Å². The number of carbonyl (C=O) groups is 2. The van der Waals surface area contributed by atoms with E-state index in [9.17, 15) is 19.8 Å². The van der Waals surface area contributed by atoms with Crippen molar-refractivity contribution in [2.24, 2.45) is 0 Å². The van der Waals surface area contributed by atoms with Crippen molar-refractivity contribution in [1.29, 1.82) is 0 Å². The van der Waals surface area contributed by atoms with E-state index in [1.165, 1.54) is 19.2 Å². The first-order chi connectivity index (χ1) is 8.51. The van der Waals surface area contributed by atoms with Crippen LogP contribution in [0.3, 0.4) is 0 Å². The van der Waals surface area contributed by atoms with Crippen LogP contribution in [-0.2, 0) is 14.3 Å². The molecule has 6 nitrogen and oxygen atoms in total. The molecular weight excluding hydrogens is 260 g/mol. The quantitative estimate of drug-likeness (QED) is 0.759. The van der Waals surface area contributed by atoms with Gasteiger partial charge >= 0.3 is 11.9 Å². The Hall–Kier alpha value is -1.44. The number of hydrogen-bond donors (Lipinski definition) is 2. The lowest BCUT2D eigenvalue weighted by atomic mass is 10.2. The van der Waals surface area contributed by atoms with Crippen LogP contribution in [0.5, 0.6) is 0 Å². The lowest BCUT2D eigenvalue weighted by Gasteiger charge is -2.14. The second-order valence-electron chi connectivity index (χ2n) is 3.34. The van der Waals surface area contributed by atoms with Crippen LogP contribution in [0.25, 0.3) is 0 Å². The van der Waals surface area contributed by atoms with Gasteiger partial charge in [0.15, 0.2) is 6.10 Å². The summed E-state index contributed by atoms with van der Waals surface area (Å²) in [6.07, 6.45) is -3.10. The third kappa shape index (κ3) is 3.28. The summed E-state index contributed by atoms with van der Waals surface area (Å²) in [5.74, 6) is -1.44. The molecule has 2 atom stereocenters. The number of thiophene rings is 1. The van der Waals surface area contributed by atoms with Crippen LogP contribution in [0, 0.1) is 0 Å². The SMILES string of the molecule is CCOC(=O)C(O)C(O)c1ccc(C(=O)OC)s1. The van der Waals surface area contributed by atoms with Crippen molar-refractivity contribution < 1.29 is 29.3 Å². The fourth-order valence-corrected chi connectivity index (χ4v) is 2.18. The third-order valence-electron chi connectivity index (χ3n) is 2.13. The number of carbonyl (C=O) groups excluding carboxylic acids is 2. The van der Waals surface area contributed by atoms with Gasteiger partial charge in [-0.2, -0.15) is 0 Å². The number of aliphatic hydroxyl groups is 2. The van der Waals surface area contributed by atoms with Crippen molar-refractivity contribution in [2.45, 2.75) is 19.1 Å². The number of rotatable bonds is 5. The minimum absolute atomic E-state index is 0.112. The normalized spacial score (nSPS) is 13.8. The molecule has 0 spiro atoms. The number of ether oxygens (including phenoxy) is 2. The second kappa shape index (κ2) is 6.48. The Morgan fingerprint density at radius 3 is 2.61 bits per heavy atom. The Morgan fingerprint density at radius 1 is 1.39 bits per heavy atom. The van der Waals surface area contributed by atoms with Crippen molar-refractivity contribution in [3.63, 3.8) is 0 Å². The third-order valence-corrected chi connectivity index (χ3v) is 3.27. The first kappa shape index (κ1) is 14.6. The number of esters is 2. The molecule has 0 aliphatic rings. The minimum atomic E-state index is -1.67. The Labute approximate surface area is 108 Å². The number of methoxy groups -OCH3 is 1. The predicted octanol–water partition coefficient (Wildman–Crippen LogP) is 0.492. The first-order valence-corrected chi connectivity index (χ1v) is 6.03. The number of hydrogen-bond acceptors (Lipinski definition) is 7. The maximum Gasteiger partial charge on any atom is 0.348 e. The Morgan fingerprint density at radius 2 is 2.06 bits per heavy atom. The number of aliphatic hydroxyl groups excluding tert-OH is 2. The Kier molecular flexibility index (Phi) is 5.26. The summed E-state index contributed by atoms with van der Waals surface area (Å²) in [7, 11) is 1.24. The van der Waals surface area contributed by atoms with Crippen molar-refractivity contribution in [2.75, 3.05) is 13.7 Å². The van der Waals surface area contributed by atoms with Gasteiger partial charge in [-0.05, 0) is 19.1 Å². The van der Waals surface area contributed by atoms with Gasteiger partial charge in [0, 0.05) is 4.88 Å². The molecule has 0 saturated carbocycles. The van der Waals surface area contributed by atoms with E-state index in [4.69, 9.17) is 0 Å². The minimum Gasteiger partial charge on any atom is -0.465 e. The van der Waals surface area contributed by atoms with Gasteiger partial charge in [0.25, 0.3) is 0 Å². The van der Waals surface area contributed by atoms with Crippen LogP contribution in [0.1, 0.15) is 27.6 Å². The highest BCUT2D eigenvalue weighted by Crippen LogP contribution is 2.26. The van der Waals surface area contributed by atoms with Gasteiger partial charge < -0.3 is 19.7 Å². The maximum absolute atomic E-state index is 11.2. The lowest BCUT2D eigenvalue weighted by Crippen LogP contribution is -2.29. The molecular formula is C11H14O6S. The first-order valence-electron chi connectivity index (χ1n) is 5.22.